The maximum Gasteiger partial charge on any atom is 0.0574 e. The van der Waals surface area contributed by atoms with Gasteiger partial charge in [-0.1, -0.05) is 36.6 Å². The molecule has 3 N–H and O–H groups in total. The zero-order valence-electron chi connectivity index (χ0n) is 9.98. The number of hydrogen-bond donors (Lipinski definition) is 2. The fourth-order valence-corrected chi connectivity index (χ4v) is 3.00. The van der Waals surface area contributed by atoms with Gasteiger partial charge in [0.05, 0.1) is 6.10 Å². The molecule has 1 saturated carbocycles. The van der Waals surface area contributed by atoms with E-state index in [1.165, 1.54) is 12.0 Å². The summed E-state index contributed by atoms with van der Waals surface area (Å²) in [5, 5.41) is 10.8. The summed E-state index contributed by atoms with van der Waals surface area (Å²) in [6, 6.07) is 7.85. The third-order valence-electron chi connectivity index (χ3n) is 3.85. The maximum atomic E-state index is 10.1. The summed E-state index contributed by atoms with van der Waals surface area (Å²) < 4.78 is 0. The van der Waals surface area contributed by atoms with Gasteiger partial charge in [-0.3, -0.25) is 0 Å². The van der Waals surface area contributed by atoms with Crippen LogP contribution in [0.2, 0.25) is 5.02 Å². The molecule has 1 aliphatic rings. The Balaban J connectivity index is 2.17. The lowest BCUT2D eigenvalue weighted by Crippen LogP contribution is -2.33. The molecule has 0 heterocycles. The Labute approximate surface area is 108 Å². The lowest BCUT2D eigenvalue weighted by molar-refractivity contribution is 0.0561. The molecule has 1 aliphatic carbocycles. The van der Waals surface area contributed by atoms with Gasteiger partial charge in [-0.15, -0.1) is 0 Å². The summed E-state index contributed by atoms with van der Waals surface area (Å²) in [7, 11) is 0. The van der Waals surface area contributed by atoms with Gasteiger partial charge in [0.25, 0.3) is 0 Å². The minimum atomic E-state index is -0.201. The molecule has 1 aromatic rings. The second kappa shape index (κ2) is 5.85. The highest BCUT2D eigenvalue weighted by atomic mass is 35.5. The van der Waals surface area contributed by atoms with E-state index in [0.717, 1.165) is 24.3 Å². The van der Waals surface area contributed by atoms with Gasteiger partial charge < -0.3 is 10.8 Å². The average molecular weight is 254 g/mol. The number of benzene rings is 1. The molecule has 1 fully saturated rings. The number of aliphatic hydroxyl groups excluding tert-OH is 1. The van der Waals surface area contributed by atoms with E-state index in [1.807, 2.05) is 24.3 Å². The second-order valence-electron chi connectivity index (χ2n) is 4.91. The fraction of sp³-hybridized carbons (Fsp3) is 0.571. The van der Waals surface area contributed by atoms with E-state index in [4.69, 9.17) is 17.3 Å². The van der Waals surface area contributed by atoms with Crippen LogP contribution in [-0.2, 0) is 0 Å². The first kappa shape index (κ1) is 12.9. The Morgan fingerprint density at radius 2 is 1.88 bits per heavy atom. The molecule has 0 bridgehead atoms. The minimum Gasteiger partial charge on any atom is -0.393 e. The topological polar surface area (TPSA) is 46.2 Å². The van der Waals surface area contributed by atoms with Crippen molar-refractivity contribution in [1.29, 1.82) is 0 Å². The molecule has 0 unspecified atom stereocenters. The summed E-state index contributed by atoms with van der Waals surface area (Å²) in [5.41, 5.74) is 7.09. The van der Waals surface area contributed by atoms with Crippen molar-refractivity contribution in [3.63, 3.8) is 0 Å². The number of aliphatic hydroxyl groups is 1. The van der Waals surface area contributed by atoms with Crippen molar-refractivity contribution in [2.45, 2.75) is 37.7 Å². The maximum absolute atomic E-state index is 10.1. The van der Waals surface area contributed by atoms with E-state index in [9.17, 15) is 5.11 Å². The lowest BCUT2D eigenvalue weighted by atomic mass is 9.75. The zero-order valence-corrected chi connectivity index (χ0v) is 10.7. The first-order valence-electron chi connectivity index (χ1n) is 6.36. The van der Waals surface area contributed by atoms with Crippen molar-refractivity contribution in [3.8, 4) is 0 Å². The van der Waals surface area contributed by atoms with Gasteiger partial charge in [0.2, 0.25) is 0 Å². The first-order valence-corrected chi connectivity index (χ1v) is 6.73. The van der Waals surface area contributed by atoms with E-state index in [1.54, 1.807) is 0 Å². The average Bonchev–Trinajstić information content (AvgIpc) is 2.35. The number of nitrogens with two attached hydrogens (primary N) is 1. The molecule has 1 aromatic carbocycles. The number of rotatable bonds is 3. The molecule has 0 aromatic heterocycles. The van der Waals surface area contributed by atoms with Crippen LogP contribution in [0.15, 0.2) is 24.3 Å². The highest BCUT2D eigenvalue weighted by Crippen LogP contribution is 2.36. The zero-order chi connectivity index (χ0) is 12.3. The molecule has 0 saturated heterocycles. The predicted octanol–water partition coefficient (Wildman–Crippen LogP) is 2.93. The van der Waals surface area contributed by atoms with Crippen molar-refractivity contribution < 1.29 is 5.11 Å². The van der Waals surface area contributed by atoms with E-state index in [-0.39, 0.29) is 12.0 Å². The van der Waals surface area contributed by atoms with E-state index in [2.05, 4.69) is 0 Å². The molecule has 3 heteroatoms. The molecule has 2 nitrogen and oxygen atoms in total. The Hall–Kier alpha value is -0.570. The van der Waals surface area contributed by atoms with Crippen LogP contribution in [0.3, 0.4) is 0 Å². The number of halogens is 1. The van der Waals surface area contributed by atoms with Crippen LogP contribution in [0.5, 0.6) is 0 Å². The Morgan fingerprint density at radius 1 is 1.24 bits per heavy atom. The van der Waals surface area contributed by atoms with Gasteiger partial charge in [-0.25, -0.2) is 0 Å². The molecule has 0 aliphatic heterocycles. The molecular weight excluding hydrogens is 234 g/mol. The second-order valence-corrected chi connectivity index (χ2v) is 5.35. The van der Waals surface area contributed by atoms with Crippen molar-refractivity contribution >= 4 is 11.6 Å². The SMILES string of the molecule is NC[C@@H](c1ccc(Cl)cc1)[C@@H]1CCCC[C@@H]1O. The standard InChI is InChI=1S/C14H20ClNO/c15-11-7-5-10(6-8-11)13(9-16)12-3-1-2-4-14(12)17/h5-8,12-14,17H,1-4,9,16H2/t12-,13-,14-/m0/s1. The van der Waals surface area contributed by atoms with Crippen LogP contribution >= 0.6 is 11.6 Å². The van der Waals surface area contributed by atoms with Gasteiger partial charge in [0.1, 0.15) is 0 Å². The summed E-state index contributed by atoms with van der Waals surface area (Å²) in [4.78, 5) is 0. The Bertz CT molecular complexity index is 352. The van der Waals surface area contributed by atoms with Crippen molar-refractivity contribution in [2.75, 3.05) is 6.54 Å². The molecule has 0 spiro atoms. The van der Waals surface area contributed by atoms with Crippen LogP contribution < -0.4 is 5.73 Å². The number of hydrogen-bond acceptors (Lipinski definition) is 2. The van der Waals surface area contributed by atoms with Crippen molar-refractivity contribution in [3.05, 3.63) is 34.9 Å². The van der Waals surface area contributed by atoms with Gasteiger partial charge in [-0.2, -0.15) is 0 Å². The van der Waals surface area contributed by atoms with E-state index in [0.29, 0.717) is 12.5 Å². The molecular formula is C14H20ClNO. The summed E-state index contributed by atoms with van der Waals surface area (Å²) >= 11 is 5.89. The van der Waals surface area contributed by atoms with Crippen molar-refractivity contribution in [1.82, 2.24) is 0 Å². The van der Waals surface area contributed by atoms with Crippen LogP contribution in [-0.4, -0.2) is 17.8 Å². The largest absolute Gasteiger partial charge is 0.393 e. The minimum absolute atomic E-state index is 0.201. The Kier molecular flexibility index (Phi) is 4.43. The van der Waals surface area contributed by atoms with E-state index >= 15 is 0 Å². The predicted molar refractivity (Wildman–Crippen MR) is 71.2 cm³/mol. The normalized spacial score (nSPS) is 26.8. The molecule has 2 rings (SSSR count). The van der Waals surface area contributed by atoms with Crippen LogP contribution in [0.25, 0.3) is 0 Å². The van der Waals surface area contributed by atoms with Crippen LogP contribution in [0.1, 0.15) is 37.2 Å². The van der Waals surface area contributed by atoms with E-state index < -0.39 is 0 Å². The first-order chi connectivity index (χ1) is 8.22. The summed E-state index contributed by atoms with van der Waals surface area (Å²) in [6.07, 6.45) is 4.12. The van der Waals surface area contributed by atoms with Gasteiger partial charge in [0, 0.05) is 10.9 Å². The molecule has 0 radical (unpaired) electrons. The molecule has 0 amide bonds. The fourth-order valence-electron chi connectivity index (χ4n) is 2.88. The highest BCUT2D eigenvalue weighted by Gasteiger charge is 2.30. The Morgan fingerprint density at radius 3 is 2.47 bits per heavy atom. The van der Waals surface area contributed by atoms with Gasteiger partial charge in [0.15, 0.2) is 0 Å². The quantitative estimate of drug-likeness (QED) is 0.870. The molecule has 3 atom stereocenters. The molecule has 17 heavy (non-hydrogen) atoms. The summed E-state index contributed by atoms with van der Waals surface area (Å²) in [6.45, 7) is 0.587. The van der Waals surface area contributed by atoms with Crippen LogP contribution in [0.4, 0.5) is 0 Å². The highest BCUT2D eigenvalue weighted by molar-refractivity contribution is 6.30. The monoisotopic (exact) mass is 253 g/mol. The van der Waals surface area contributed by atoms with Gasteiger partial charge >= 0.3 is 0 Å². The van der Waals surface area contributed by atoms with Gasteiger partial charge in [-0.05, 0) is 43.0 Å². The third-order valence-corrected chi connectivity index (χ3v) is 4.10. The van der Waals surface area contributed by atoms with Crippen molar-refractivity contribution in [2.24, 2.45) is 11.7 Å². The van der Waals surface area contributed by atoms with Crippen LogP contribution in [0, 0.1) is 5.92 Å². The third kappa shape index (κ3) is 3.01. The lowest BCUT2D eigenvalue weighted by Gasteiger charge is -2.34. The summed E-state index contributed by atoms with van der Waals surface area (Å²) in [5.74, 6) is 0.553. The smallest absolute Gasteiger partial charge is 0.0574 e. The molecule has 94 valence electrons.